The molecule has 3 heterocycles. The number of ether oxygens (including phenoxy) is 2. The summed E-state index contributed by atoms with van der Waals surface area (Å²) in [6, 6.07) is 15.1. The number of amides is 1. The van der Waals surface area contributed by atoms with E-state index in [1.54, 1.807) is 19.2 Å². The van der Waals surface area contributed by atoms with Gasteiger partial charge in [-0.1, -0.05) is 0 Å². The maximum Gasteiger partial charge on any atom is 0.251 e. The van der Waals surface area contributed by atoms with Gasteiger partial charge in [-0.05, 0) is 55.0 Å². The van der Waals surface area contributed by atoms with Crippen molar-refractivity contribution in [2.24, 2.45) is 0 Å². The Morgan fingerprint density at radius 3 is 2.90 bits per heavy atom. The first kappa shape index (κ1) is 19.0. The Kier molecular flexibility index (Phi) is 4.74. The van der Waals surface area contributed by atoms with Gasteiger partial charge in [0.25, 0.3) is 5.91 Å². The molecular formula is C23H21N5O3. The molecule has 0 bridgehead atoms. The third-order valence-electron chi connectivity index (χ3n) is 5.30. The van der Waals surface area contributed by atoms with Gasteiger partial charge in [0, 0.05) is 23.6 Å². The Labute approximate surface area is 178 Å². The van der Waals surface area contributed by atoms with Gasteiger partial charge in [0.2, 0.25) is 5.88 Å². The molecule has 31 heavy (non-hydrogen) atoms. The highest BCUT2D eigenvalue weighted by Crippen LogP contribution is 2.32. The van der Waals surface area contributed by atoms with Crippen molar-refractivity contribution in [3.8, 4) is 22.9 Å². The zero-order valence-corrected chi connectivity index (χ0v) is 17.2. The van der Waals surface area contributed by atoms with E-state index < -0.39 is 0 Å². The number of H-pyrrole nitrogens is 1. The minimum Gasteiger partial charge on any atom is -0.488 e. The third-order valence-corrected chi connectivity index (χ3v) is 5.30. The number of imidazole rings is 1. The van der Waals surface area contributed by atoms with Crippen molar-refractivity contribution < 1.29 is 14.3 Å². The third kappa shape index (κ3) is 3.79. The van der Waals surface area contributed by atoms with E-state index >= 15 is 0 Å². The minimum absolute atomic E-state index is 0.116. The lowest BCUT2D eigenvalue weighted by atomic mass is 10.0. The molecule has 0 fully saturated rings. The Hall–Kier alpha value is -3.94. The second-order valence-electron chi connectivity index (χ2n) is 7.49. The SMILES string of the molecule is COc1ccc(-c2ccc3c(c2)C[C@@H](CNC(=O)c2ccc4nc(C)[nH]c4c2)O3)nn1. The fraction of sp³-hybridized carbons (Fsp3) is 0.217. The molecule has 1 atom stereocenters. The first-order valence-corrected chi connectivity index (χ1v) is 10.0. The number of aromatic amines is 1. The summed E-state index contributed by atoms with van der Waals surface area (Å²) < 4.78 is 11.1. The highest BCUT2D eigenvalue weighted by molar-refractivity contribution is 5.97. The number of aromatic nitrogens is 4. The number of carbonyl (C=O) groups excluding carboxylic acids is 1. The highest BCUT2D eigenvalue weighted by atomic mass is 16.5. The summed E-state index contributed by atoms with van der Waals surface area (Å²) in [4.78, 5) is 20.1. The molecule has 8 heteroatoms. The first-order valence-electron chi connectivity index (χ1n) is 10.0. The fourth-order valence-electron chi connectivity index (χ4n) is 3.76. The normalized spacial score (nSPS) is 14.8. The van der Waals surface area contributed by atoms with Gasteiger partial charge >= 0.3 is 0 Å². The van der Waals surface area contributed by atoms with Crippen molar-refractivity contribution in [2.45, 2.75) is 19.4 Å². The fourth-order valence-corrected chi connectivity index (χ4v) is 3.76. The molecule has 0 aliphatic carbocycles. The second kappa shape index (κ2) is 7.71. The summed E-state index contributed by atoms with van der Waals surface area (Å²) >= 11 is 0. The molecule has 0 unspecified atom stereocenters. The van der Waals surface area contributed by atoms with Crippen LogP contribution in [0.25, 0.3) is 22.3 Å². The van der Waals surface area contributed by atoms with Gasteiger partial charge < -0.3 is 19.8 Å². The zero-order chi connectivity index (χ0) is 21.4. The molecule has 1 aliphatic rings. The summed E-state index contributed by atoms with van der Waals surface area (Å²) in [5, 5.41) is 11.2. The summed E-state index contributed by atoms with van der Waals surface area (Å²) in [7, 11) is 1.56. The molecule has 2 aromatic heterocycles. The van der Waals surface area contributed by atoms with Crippen LogP contribution in [0.15, 0.2) is 48.5 Å². The number of aryl methyl sites for hydroxylation is 1. The van der Waals surface area contributed by atoms with Crippen LogP contribution in [-0.4, -0.2) is 45.8 Å². The van der Waals surface area contributed by atoms with Gasteiger partial charge in [0.1, 0.15) is 17.7 Å². The van der Waals surface area contributed by atoms with E-state index in [2.05, 4.69) is 31.5 Å². The Balaban J connectivity index is 1.23. The molecular weight excluding hydrogens is 394 g/mol. The number of nitrogens with zero attached hydrogens (tertiary/aromatic N) is 3. The van der Waals surface area contributed by atoms with Crippen LogP contribution in [0.1, 0.15) is 21.7 Å². The summed E-state index contributed by atoms with van der Waals surface area (Å²) in [5.41, 5.74) is 5.11. The number of hydrogen-bond donors (Lipinski definition) is 2. The number of hydrogen-bond acceptors (Lipinski definition) is 6. The smallest absolute Gasteiger partial charge is 0.251 e. The van der Waals surface area contributed by atoms with E-state index in [1.807, 2.05) is 37.3 Å². The van der Waals surface area contributed by atoms with Crippen molar-refractivity contribution in [2.75, 3.05) is 13.7 Å². The number of rotatable bonds is 5. The Morgan fingerprint density at radius 2 is 2.10 bits per heavy atom. The summed E-state index contributed by atoms with van der Waals surface area (Å²) in [6.45, 7) is 2.31. The molecule has 1 aliphatic heterocycles. The van der Waals surface area contributed by atoms with Crippen LogP contribution in [0.3, 0.4) is 0 Å². The van der Waals surface area contributed by atoms with Crippen LogP contribution < -0.4 is 14.8 Å². The second-order valence-corrected chi connectivity index (χ2v) is 7.49. The van der Waals surface area contributed by atoms with Crippen molar-refractivity contribution in [3.63, 3.8) is 0 Å². The van der Waals surface area contributed by atoms with Gasteiger partial charge in [-0.2, -0.15) is 0 Å². The van der Waals surface area contributed by atoms with Gasteiger partial charge in [0.15, 0.2) is 0 Å². The molecule has 8 nitrogen and oxygen atoms in total. The molecule has 0 saturated heterocycles. The van der Waals surface area contributed by atoms with Crippen molar-refractivity contribution >= 4 is 16.9 Å². The number of methoxy groups -OCH3 is 1. The van der Waals surface area contributed by atoms with Gasteiger partial charge in [-0.25, -0.2) is 4.98 Å². The molecule has 2 aromatic carbocycles. The minimum atomic E-state index is -0.136. The molecule has 1 amide bonds. The molecule has 0 radical (unpaired) electrons. The largest absolute Gasteiger partial charge is 0.488 e. The maximum absolute atomic E-state index is 12.6. The predicted molar refractivity (Wildman–Crippen MR) is 115 cm³/mol. The lowest BCUT2D eigenvalue weighted by Gasteiger charge is -2.12. The number of nitrogens with one attached hydrogen (secondary N) is 2. The number of benzene rings is 2. The van der Waals surface area contributed by atoms with E-state index in [1.165, 1.54) is 0 Å². The summed E-state index contributed by atoms with van der Waals surface area (Å²) in [5.74, 6) is 2.00. The van der Waals surface area contributed by atoms with Gasteiger partial charge in [-0.15, -0.1) is 10.2 Å². The zero-order valence-electron chi connectivity index (χ0n) is 17.2. The van der Waals surface area contributed by atoms with Crippen LogP contribution >= 0.6 is 0 Å². The Morgan fingerprint density at radius 1 is 1.19 bits per heavy atom. The van der Waals surface area contributed by atoms with Crippen LogP contribution in [0.4, 0.5) is 0 Å². The molecule has 0 spiro atoms. The standard InChI is InChI=1S/C23H21N5O3/c1-13-25-19-5-3-15(11-20(19)26-13)23(29)24-12-17-10-16-9-14(4-7-21(16)31-17)18-6-8-22(30-2)28-27-18/h3-9,11,17H,10,12H2,1-2H3,(H,24,29)(H,25,26)/t17-/m0/s1. The first-order chi connectivity index (χ1) is 15.1. The van der Waals surface area contributed by atoms with Gasteiger partial charge in [0.05, 0.1) is 30.4 Å². The molecule has 0 saturated carbocycles. The summed E-state index contributed by atoms with van der Waals surface area (Å²) in [6.07, 6.45) is 0.598. The lowest BCUT2D eigenvalue weighted by molar-refractivity contribution is 0.0933. The highest BCUT2D eigenvalue weighted by Gasteiger charge is 2.24. The van der Waals surface area contributed by atoms with E-state index in [0.29, 0.717) is 24.4 Å². The van der Waals surface area contributed by atoms with E-state index in [0.717, 1.165) is 39.4 Å². The van der Waals surface area contributed by atoms with Gasteiger partial charge in [-0.3, -0.25) is 4.79 Å². The number of fused-ring (bicyclic) bond motifs is 2. The van der Waals surface area contributed by atoms with Crippen LogP contribution in [-0.2, 0) is 6.42 Å². The topological polar surface area (TPSA) is 102 Å². The predicted octanol–water partition coefficient (Wildman–Crippen LogP) is 3.07. The maximum atomic E-state index is 12.6. The lowest BCUT2D eigenvalue weighted by Crippen LogP contribution is -2.34. The van der Waals surface area contributed by atoms with Crippen LogP contribution in [0.5, 0.6) is 11.6 Å². The van der Waals surface area contributed by atoms with Crippen LogP contribution in [0.2, 0.25) is 0 Å². The van der Waals surface area contributed by atoms with Crippen LogP contribution in [0, 0.1) is 6.92 Å². The molecule has 156 valence electrons. The monoisotopic (exact) mass is 415 g/mol. The average Bonchev–Trinajstić information content (AvgIpc) is 3.38. The molecule has 5 rings (SSSR count). The van der Waals surface area contributed by atoms with E-state index in [4.69, 9.17) is 9.47 Å². The number of carbonyl (C=O) groups is 1. The average molecular weight is 415 g/mol. The molecule has 4 aromatic rings. The van der Waals surface area contributed by atoms with Crippen molar-refractivity contribution in [3.05, 3.63) is 65.5 Å². The van der Waals surface area contributed by atoms with Crippen molar-refractivity contribution in [1.29, 1.82) is 0 Å². The van der Waals surface area contributed by atoms with Crippen molar-refractivity contribution in [1.82, 2.24) is 25.5 Å². The van der Waals surface area contributed by atoms with E-state index in [-0.39, 0.29) is 12.0 Å². The van der Waals surface area contributed by atoms with E-state index in [9.17, 15) is 4.79 Å². The Bertz CT molecular complexity index is 1270. The quantitative estimate of drug-likeness (QED) is 0.519. The molecule has 2 N–H and O–H groups in total.